The molecule has 0 radical (unpaired) electrons. The number of fused-ring (bicyclic) bond motifs is 13. The van der Waals surface area contributed by atoms with Crippen molar-refractivity contribution in [2.24, 2.45) is 5.92 Å². The highest BCUT2D eigenvalue weighted by Gasteiger charge is 2.34. The van der Waals surface area contributed by atoms with Crippen molar-refractivity contribution in [1.82, 2.24) is 14.5 Å². The fourth-order valence-electron chi connectivity index (χ4n) is 11.7. The molecule has 0 amide bonds. The van der Waals surface area contributed by atoms with Gasteiger partial charge in [-0.1, -0.05) is 177 Å². The van der Waals surface area contributed by atoms with Crippen LogP contribution in [0.3, 0.4) is 0 Å². The van der Waals surface area contributed by atoms with Crippen LogP contribution >= 0.6 is 11.8 Å². The smallest absolute Gasteiger partial charge is 0.135 e. The molecule has 4 atom stereocenters. The predicted octanol–water partition coefficient (Wildman–Crippen LogP) is 16.8. The highest BCUT2D eigenvalue weighted by atomic mass is 32.2. The third-order valence-electron chi connectivity index (χ3n) is 14.8. The summed E-state index contributed by atoms with van der Waals surface area (Å²) in [7, 11) is 0. The van der Waals surface area contributed by atoms with Crippen molar-refractivity contribution >= 4 is 88.7 Å². The molecule has 0 fully saturated rings. The van der Waals surface area contributed by atoms with Gasteiger partial charge < -0.3 is 14.3 Å². The molecule has 0 bridgehead atoms. The summed E-state index contributed by atoms with van der Waals surface area (Å²) in [6, 6.07) is 64.6. The second-order valence-electron chi connectivity index (χ2n) is 18.7. The van der Waals surface area contributed by atoms with Crippen LogP contribution in [0, 0.1) is 5.92 Å². The number of nitrogens with one attached hydrogen (secondary N) is 1. The van der Waals surface area contributed by atoms with Crippen molar-refractivity contribution in [3.8, 4) is 16.8 Å². The van der Waals surface area contributed by atoms with Crippen LogP contribution in [0.1, 0.15) is 48.4 Å². The lowest BCUT2D eigenvalue weighted by molar-refractivity contribution is 0.576. The number of para-hydroxylation sites is 3. The molecular weight excluding hydrogens is 847 g/mol. The molecule has 4 unspecified atom stereocenters. The van der Waals surface area contributed by atoms with Gasteiger partial charge in [-0.2, -0.15) is 0 Å². The van der Waals surface area contributed by atoms with Crippen LogP contribution in [0.15, 0.2) is 222 Å². The Bertz CT molecular complexity index is 3970. The summed E-state index contributed by atoms with van der Waals surface area (Å²) in [6.07, 6.45) is 16.1. The largest absolute Gasteiger partial charge is 0.456 e. The van der Waals surface area contributed by atoms with E-state index >= 15 is 0 Å². The standard InChI is InChI=1S/C63H47N3OS/c1-39-36-60(64-54(42-32-33-48-47-22-7-11-30-57(47)67-58(48)38-42)27-15-24-44(39)52-25-14-26-53-49-23-8-12-31-59(49)68-63(52)53)66-56-29-10-6-21-46(56)51-35-34-50-45-20-5-9-28-55(45)65(61(50)62(51)66)43-19-13-18-41(37-43)40-16-3-2-4-17-40/h2-14,16-26,28-39,49,54,59,64H,15,27H2,1H3/b44-24?,60-36+. The van der Waals surface area contributed by atoms with Crippen LogP contribution in [-0.4, -0.2) is 14.4 Å². The van der Waals surface area contributed by atoms with Crippen LogP contribution < -0.4 is 5.32 Å². The second-order valence-corrected chi connectivity index (χ2v) is 19.9. The maximum atomic E-state index is 6.55. The first kappa shape index (κ1) is 39.4. The summed E-state index contributed by atoms with van der Waals surface area (Å²) in [5.41, 5.74) is 15.5. The molecule has 0 spiro atoms. The summed E-state index contributed by atoms with van der Waals surface area (Å²) in [6.45, 7) is 2.40. The average molecular weight is 894 g/mol. The van der Waals surface area contributed by atoms with Gasteiger partial charge in [0, 0.05) is 60.0 Å². The van der Waals surface area contributed by atoms with E-state index in [1.165, 1.54) is 81.9 Å². The Hall–Kier alpha value is -7.73. The first-order valence-corrected chi connectivity index (χ1v) is 24.9. The molecule has 14 rings (SSSR count). The molecule has 326 valence electrons. The summed E-state index contributed by atoms with van der Waals surface area (Å²) < 4.78 is 11.6. The van der Waals surface area contributed by atoms with Crippen LogP contribution in [-0.2, 0) is 0 Å². The predicted molar refractivity (Wildman–Crippen MR) is 287 cm³/mol. The fourth-order valence-corrected chi connectivity index (χ4v) is 13.2. The third-order valence-corrected chi connectivity index (χ3v) is 16.2. The lowest BCUT2D eigenvalue weighted by Gasteiger charge is -2.25. The Morgan fingerprint density at radius 2 is 1.25 bits per heavy atom. The molecule has 5 heterocycles. The van der Waals surface area contributed by atoms with E-state index in [1.807, 2.05) is 11.8 Å². The fraction of sp³-hybridized carbons (Fsp3) is 0.111. The van der Waals surface area contributed by atoms with E-state index in [1.54, 1.807) is 0 Å². The molecule has 3 aliphatic rings. The summed E-state index contributed by atoms with van der Waals surface area (Å²) in [4.78, 5) is 1.42. The molecule has 8 aromatic carbocycles. The van der Waals surface area contributed by atoms with Crippen LogP contribution in [0.2, 0.25) is 0 Å². The Balaban J connectivity index is 1.03. The Morgan fingerprint density at radius 3 is 2.09 bits per heavy atom. The van der Waals surface area contributed by atoms with Crippen molar-refractivity contribution in [2.75, 3.05) is 0 Å². The molecule has 1 N–H and O–H groups in total. The van der Waals surface area contributed by atoms with Gasteiger partial charge in [0.25, 0.3) is 0 Å². The number of nitrogens with zero attached hydrogens (tertiary/aromatic N) is 2. The van der Waals surface area contributed by atoms with Crippen molar-refractivity contribution in [1.29, 1.82) is 0 Å². The summed E-state index contributed by atoms with van der Waals surface area (Å²) in [5, 5.41) is 11.9. The summed E-state index contributed by atoms with van der Waals surface area (Å²) in [5.74, 6) is 1.56. The van der Waals surface area contributed by atoms with Gasteiger partial charge in [0.1, 0.15) is 17.0 Å². The minimum absolute atomic E-state index is 0.0144. The molecule has 1 aliphatic carbocycles. The molecule has 68 heavy (non-hydrogen) atoms. The van der Waals surface area contributed by atoms with Gasteiger partial charge in [0.05, 0.1) is 28.1 Å². The first-order chi connectivity index (χ1) is 33.6. The SMILES string of the molecule is CC1/C=C(/n2c3ccccc3c3ccc4c5ccccc5n(-c5cccc(-c6ccccc6)c5)c4c32)NC(c2ccc3c(c2)oc2ccccc23)CCC=C1c1cccc2c1SC1C=CC=CC21. The zero-order chi connectivity index (χ0) is 44.9. The number of furan rings is 1. The van der Waals surface area contributed by atoms with E-state index in [0.717, 1.165) is 46.3 Å². The minimum atomic E-state index is -0.0144. The molecule has 5 heteroatoms. The molecule has 2 aliphatic heterocycles. The third kappa shape index (κ3) is 6.15. The number of thioether (sulfide) groups is 1. The van der Waals surface area contributed by atoms with Crippen molar-refractivity contribution in [3.63, 3.8) is 0 Å². The van der Waals surface area contributed by atoms with Gasteiger partial charge in [0.15, 0.2) is 0 Å². The molecule has 3 aromatic heterocycles. The molecule has 11 aromatic rings. The lowest BCUT2D eigenvalue weighted by atomic mass is 9.87. The van der Waals surface area contributed by atoms with Crippen LogP contribution in [0.5, 0.6) is 0 Å². The van der Waals surface area contributed by atoms with Crippen LogP contribution in [0.4, 0.5) is 0 Å². The van der Waals surface area contributed by atoms with E-state index in [4.69, 9.17) is 4.42 Å². The van der Waals surface area contributed by atoms with Gasteiger partial charge in [-0.25, -0.2) is 0 Å². The first-order valence-electron chi connectivity index (χ1n) is 24.0. The number of benzene rings is 8. The maximum Gasteiger partial charge on any atom is 0.135 e. The monoisotopic (exact) mass is 893 g/mol. The van der Waals surface area contributed by atoms with E-state index in [0.29, 0.717) is 11.2 Å². The Kier molecular flexibility index (Phi) is 9.10. The second kappa shape index (κ2) is 15.7. The van der Waals surface area contributed by atoms with Crippen LogP contribution in [0.25, 0.3) is 93.8 Å². The van der Waals surface area contributed by atoms with Gasteiger partial charge in [0.2, 0.25) is 0 Å². The van der Waals surface area contributed by atoms with Crippen molar-refractivity contribution < 1.29 is 4.42 Å². The minimum Gasteiger partial charge on any atom is -0.456 e. The topological polar surface area (TPSA) is 35.0 Å². The summed E-state index contributed by atoms with van der Waals surface area (Å²) >= 11 is 2.03. The van der Waals surface area contributed by atoms with Gasteiger partial charge in [-0.3, -0.25) is 4.57 Å². The van der Waals surface area contributed by atoms with Crippen molar-refractivity contribution in [3.05, 3.63) is 229 Å². The number of hydrogen-bond donors (Lipinski definition) is 1. The number of allylic oxidation sites excluding steroid dienone is 6. The Morgan fingerprint density at radius 1 is 0.574 bits per heavy atom. The number of hydrogen-bond acceptors (Lipinski definition) is 3. The average Bonchev–Trinajstić information content (AvgIpc) is 4.15. The normalized spacial score (nSPS) is 20.0. The van der Waals surface area contributed by atoms with E-state index in [-0.39, 0.29) is 12.0 Å². The molecule has 0 saturated heterocycles. The van der Waals surface area contributed by atoms with E-state index in [9.17, 15) is 0 Å². The van der Waals surface area contributed by atoms with Gasteiger partial charge in [-0.15, -0.1) is 11.8 Å². The Labute approximate surface area is 399 Å². The zero-order valence-corrected chi connectivity index (χ0v) is 38.5. The quantitative estimate of drug-likeness (QED) is 0.187. The van der Waals surface area contributed by atoms with Gasteiger partial charge in [-0.05, 0) is 88.7 Å². The molecule has 0 saturated carbocycles. The molecule has 4 nitrogen and oxygen atoms in total. The highest BCUT2D eigenvalue weighted by Crippen LogP contribution is 2.52. The maximum absolute atomic E-state index is 6.55. The molecular formula is C63H47N3OS. The lowest BCUT2D eigenvalue weighted by Crippen LogP contribution is -2.24. The number of rotatable bonds is 5. The number of aromatic nitrogens is 2. The van der Waals surface area contributed by atoms with Crippen molar-refractivity contribution in [2.45, 2.75) is 41.9 Å². The van der Waals surface area contributed by atoms with Gasteiger partial charge >= 0.3 is 0 Å². The zero-order valence-electron chi connectivity index (χ0n) is 37.6. The van der Waals surface area contributed by atoms with E-state index < -0.39 is 0 Å². The highest BCUT2D eigenvalue weighted by molar-refractivity contribution is 8.00. The van der Waals surface area contributed by atoms with E-state index in [2.05, 4.69) is 234 Å².